The molecule has 1 heterocycles. The first-order chi connectivity index (χ1) is 7.17. The lowest BCUT2D eigenvalue weighted by molar-refractivity contribution is -0.105. The molecule has 0 aliphatic heterocycles. The van der Waals surface area contributed by atoms with Gasteiger partial charge in [-0.15, -0.1) is 0 Å². The predicted octanol–water partition coefficient (Wildman–Crippen LogP) is 1.89. The maximum Gasteiger partial charge on any atom is 0.211 e. The molecule has 1 N–H and O–H groups in total. The number of anilines is 1. The zero-order valence-corrected chi connectivity index (χ0v) is 9.03. The second kappa shape index (κ2) is 5.14. The fraction of sp³-hybridized carbons (Fsp3) is 0.273. The second-order valence-corrected chi connectivity index (χ2v) is 3.25. The van der Waals surface area contributed by atoms with Crippen molar-refractivity contribution in [3.8, 4) is 0 Å². The molecule has 4 nitrogen and oxygen atoms in total. The summed E-state index contributed by atoms with van der Waals surface area (Å²) < 4.78 is 1.75. The van der Waals surface area contributed by atoms with Gasteiger partial charge in [-0.25, -0.2) is 0 Å². The fourth-order valence-electron chi connectivity index (χ4n) is 1.30. The van der Waals surface area contributed by atoms with Crippen molar-refractivity contribution in [2.45, 2.75) is 20.4 Å². The Morgan fingerprint density at radius 1 is 1.73 bits per heavy atom. The Hall–Kier alpha value is -1.84. The van der Waals surface area contributed by atoms with Crippen molar-refractivity contribution in [1.29, 1.82) is 0 Å². The number of aryl methyl sites for hydroxylation is 1. The summed E-state index contributed by atoms with van der Waals surface area (Å²) in [5.41, 5.74) is 2.51. The van der Waals surface area contributed by atoms with Crippen molar-refractivity contribution in [3.63, 3.8) is 0 Å². The van der Waals surface area contributed by atoms with Gasteiger partial charge in [-0.2, -0.15) is 5.10 Å². The van der Waals surface area contributed by atoms with Crippen molar-refractivity contribution < 1.29 is 4.79 Å². The fourth-order valence-corrected chi connectivity index (χ4v) is 1.30. The lowest BCUT2D eigenvalue weighted by atomic mass is 10.3. The van der Waals surface area contributed by atoms with E-state index in [-0.39, 0.29) is 0 Å². The van der Waals surface area contributed by atoms with Gasteiger partial charge in [0, 0.05) is 6.20 Å². The first kappa shape index (κ1) is 11.2. The van der Waals surface area contributed by atoms with E-state index < -0.39 is 0 Å². The number of nitrogens with one attached hydrogen (secondary N) is 1. The molecule has 0 aliphatic rings. The Kier molecular flexibility index (Phi) is 3.85. The van der Waals surface area contributed by atoms with Gasteiger partial charge in [0.15, 0.2) is 0 Å². The lowest BCUT2D eigenvalue weighted by Crippen LogP contribution is -1.99. The quantitative estimate of drug-likeness (QED) is 0.589. The third kappa shape index (κ3) is 3.09. The van der Waals surface area contributed by atoms with E-state index >= 15 is 0 Å². The number of rotatable bonds is 5. The number of carbonyl (C=O) groups excluding carboxylic acids is 1. The highest BCUT2D eigenvalue weighted by atomic mass is 16.1. The van der Waals surface area contributed by atoms with Crippen LogP contribution in [0.1, 0.15) is 12.6 Å². The molecule has 0 spiro atoms. The molecule has 4 heteroatoms. The van der Waals surface area contributed by atoms with Gasteiger partial charge in [0.05, 0.1) is 17.9 Å². The molecule has 0 saturated heterocycles. The van der Waals surface area contributed by atoms with Crippen LogP contribution in [0.3, 0.4) is 0 Å². The van der Waals surface area contributed by atoms with Crippen LogP contribution >= 0.6 is 0 Å². The number of nitrogens with zero attached hydrogens (tertiary/aromatic N) is 2. The molecule has 0 aromatic carbocycles. The van der Waals surface area contributed by atoms with Crippen LogP contribution in [0.25, 0.3) is 0 Å². The Balaban J connectivity index is 2.74. The Labute approximate surface area is 89.3 Å². The molecular formula is C11H15N3O. The highest BCUT2D eigenvalue weighted by molar-refractivity contribution is 5.71. The minimum atomic E-state index is 0.631. The van der Waals surface area contributed by atoms with E-state index in [1.165, 1.54) is 0 Å². The van der Waals surface area contributed by atoms with Gasteiger partial charge >= 0.3 is 0 Å². The van der Waals surface area contributed by atoms with Crippen LogP contribution in [0, 0.1) is 6.92 Å². The summed E-state index contributed by atoms with van der Waals surface area (Å²) in [6.45, 7) is 8.31. The normalized spacial score (nSPS) is 10.5. The lowest BCUT2D eigenvalue weighted by Gasteiger charge is -1.99. The van der Waals surface area contributed by atoms with Gasteiger partial charge in [0.25, 0.3) is 0 Å². The zero-order valence-electron chi connectivity index (χ0n) is 9.03. The van der Waals surface area contributed by atoms with Crippen LogP contribution in [0.4, 0.5) is 5.69 Å². The second-order valence-electron chi connectivity index (χ2n) is 3.25. The number of carbonyl (C=O) groups is 1. The largest absolute Gasteiger partial charge is 0.326 e. The molecule has 0 atom stereocenters. The average molecular weight is 205 g/mol. The third-order valence-corrected chi connectivity index (χ3v) is 1.93. The molecular weight excluding hydrogens is 190 g/mol. The van der Waals surface area contributed by atoms with Gasteiger partial charge in [-0.05, 0) is 19.4 Å². The van der Waals surface area contributed by atoms with Crippen molar-refractivity contribution >= 4 is 12.1 Å². The number of hydrogen-bond acceptors (Lipinski definition) is 2. The molecule has 0 radical (unpaired) electrons. The van der Waals surface area contributed by atoms with E-state index in [0.717, 1.165) is 17.0 Å². The number of amides is 1. The van der Waals surface area contributed by atoms with E-state index in [4.69, 9.17) is 0 Å². The van der Waals surface area contributed by atoms with Crippen LogP contribution in [0.2, 0.25) is 0 Å². The van der Waals surface area contributed by atoms with Crippen LogP contribution < -0.4 is 5.32 Å². The highest BCUT2D eigenvalue weighted by Gasteiger charge is 2.03. The molecule has 1 amide bonds. The maximum absolute atomic E-state index is 10.3. The summed E-state index contributed by atoms with van der Waals surface area (Å²) in [6.07, 6.45) is 6.31. The first-order valence-electron chi connectivity index (χ1n) is 4.72. The molecule has 15 heavy (non-hydrogen) atoms. The van der Waals surface area contributed by atoms with E-state index in [0.29, 0.717) is 13.0 Å². The topological polar surface area (TPSA) is 46.9 Å². The van der Waals surface area contributed by atoms with Crippen molar-refractivity contribution in [2.24, 2.45) is 0 Å². The minimum absolute atomic E-state index is 0.631. The summed E-state index contributed by atoms with van der Waals surface area (Å²) in [4.78, 5) is 10.3. The predicted molar refractivity (Wildman–Crippen MR) is 60.6 cm³/mol. The zero-order chi connectivity index (χ0) is 11.3. The van der Waals surface area contributed by atoms with Crippen LogP contribution in [-0.2, 0) is 11.3 Å². The van der Waals surface area contributed by atoms with Gasteiger partial charge in [-0.1, -0.05) is 18.7 Å². The van der Waals surface area contributed by atoms with E-state index in [1.807, 2.05) is 26.0 Å². The van der Waals surface area contributed by atoms with Crippen molar-refractivity contribution in [1.82, 2.24) is 9.78 Å². The van der Waals surface area contributed by atoms with Gasteiger partial charge < -0.3 is 5.32 Å². The summed E-state index contributed by atoms with van der Waals surface area (Å²) in [7, 11) is 0. The SMILES string of the molecule is C=C(/C=C\C)Cn1cc(NC=O)c(C)n1. The third-order valence-electron chi connectivity index (χ3n) is 1.93. The first-order valence-corrected chi connectivity index (χ1v) is 4.72. The van der Waals surface area contributed by atoms with Crippen LogP contribution in [-0.4, -0.2) is 16.2 Å². The molecule has 0 unspecified atom stereocenters. The average Bonchev–Trinajstić information content (AvgIpc) is 2.48. The number of aromatic nitrogens is 2. The number of hydrogen-bond donors (Lipinski definition) is 1. The summed E-state index contributed by atoms with van der Waals surface area (Å²) in [5.74, 6) is 0. The summed E-state index contributed by atoms with van der Waals surface area (Å²) >= 11 is 0. The Bertz CT molecular complexity index is 391. The smallest absolute Gasteiger partial charge is 0.211 e. The molecule has 0 aliphatic carbocycles. The minimum Gasteiger partial charge on any atom is -0.326 e. The summed E-state index contributed by atoms with van der Waals surface area (Å²) in [5, 5.41) is 6.84. The van der Waals surface area contributed by atoms with E-state index in [1.54, 1.807) is 10.9 Å². The monoisotopic (exact) mass is 205 g/mol. The molecule has 1 aromatic heterocycles. The number of allylic oxidation sites excluding steroid dienone is 3. The van der Waals surface area contributed by atoms with Gasteiger partial charge in [0.2, 0.25) is 6.41 Å². The Morgan fingerprint density at radius 3 is 3.07 bits per heavy atom. The van der Waals surface area contributed by atoms with Crippen LogP contribution in [0.15, 0.2) is 30.5 Å². The van der Waals surface area contributed by atoms with Gasteiger partial charge in [-0.3, -0.25) is 9.48 Å². The van der Waals surface area contributed by atoms with Crippen LogP contribution in [0.5, 0.6) is 0 Å². The van der Waals surface area contributed by atoms with Crippen molar-refractivity contribution in [2.75, 3.05) is 5.32 Å². The van der Waals surface area contributed by atoms with Crippen molar-refractivity contribution in [3.05, 3.63) is 36.2 Å². The maximum atomic E-state index is 10.3. The standard InChI is InChI=1S/C11H15N3O/c1-4-5-9(2)6-14-7-11(12-8-15)10(3)13-14/h4-5,7-8H,2,6H2,1,3H3,(H,12,15)/b5-4-. The van der Waals surface area contributed by atoms with E-state index in [9.17, 15) is 4.79 Å². The molecule has 80 valence electrons. The molecule has 0 saturated carbocycles. The molecule has 0 bridgehead atoms. The molecule has 1 rings (SSSR count). The highest BCUT2D eigenvalue weighted by Crippen LogP contribution is 2.12. The van der Waals surface area contributed by atoms with Gasteiger partial charge in [0.1, 0.15) is 0 Å². The summed E-state index contributed by atoms with van der Waals surface area (Å²) in [6, 6.07) is 0. The molecule has 0 fully saturated rings. The van der Waals surface area contributed by atoms with E-state index in [2.05, 4.69) is 17.0 Å². The molecule has 1 aromatic rings. The Morgan fingerprint density at radius 2 is 2.47 bits per heavy atom.